The van der Waals surface area contributed by atoms with Gasteiger partial charge in [0, 0.05) is 12.2 Å². The predicted octanol–water partition coefficient (Wildman–Crippen LogP) is 2.74. The van der Waals surface area contributed by atoms with E-state index in [1.54, 1.807) is 0 Å². The zero-order chi connectivity index (χ0) is 17.7. The highest BCUT2D eigenvalue weighted by atomic mass is 32.2. The summed E-state index contributed by atoms with van der Waals surface area (Å²) >= 11 is 0.752. The van der Waals surface area contributed by atoms with Crippen molar-refractivity contribution >= 4 is 23.7 Å². The van der Waals surface area contributed by atoms with Crippen LogP contribution in [0.4, 0.5) is 18.0 Å². The number of carbonyl (C=O) groups is 2. The third-order valence-corrected chi connectivity index (χ3v) is 4.48. The van der Waals surface area contributed by atoms with Gasteiger partial charge in [-0.3, -0.25) is 10.1 Å². The SMILES string of the molecule is CC(Sc1nccc(C(F)(F)F)n1)C(=O)NC(=O)NC1CCCC1. The van der Waals surface area contributed by atoms with Crippen molar-refractivity contribution in [2.75, 3.05) is 0 Å². The van der Waals surface area contributed by atoms with Crippen LogP contribution in [0.5, 0.6) is 0 Å². The maximum atomic E-state index is 12.6. The molecular formula is C14H17F3N4O2S. The molecule has 1 saturated carbocycles. The lowest BCUT2D eigenvalue weighted by atomic mass is 10.2. The molecule has 0 radical (unpaired) electrons. The zero-order valence-corrected chi connectivity index (χ0v) is 13.7. The standard InChI is InChI=1S/C14H17F3N4O2S/c1-8(11(22)21-12(23)19-9-4-2-3-5-9)24-13-18-7-6-10(20-13)14(15,16)17/h6-9H,2-5H2,1H3,(H2,19,21,22,23). The summed E-state index contributed by atoms with van der Waals surface area (Å²) < 4.78 is 37.8. The Kier molecular flexibility index (Phi) is 6.03. The van der Waals surface area contributed by atoms with Gasteiger partial charge in [-0.1, -0.05) is 24.6 Å². The highest BCUT2D eigenvalue weighted by Gasteiger charge is 2.33. The number of hydrogen-bond acceptors (Lipinski definition) is 5. The molecule has 1 aliphatic rings. The Morgan fingerprint density at radius 3 is 2.62 bits per heavy atom. The molecular weight excluding hydrogens is 345 g/mol. The first-order chi connectivity index (χ1) is 11.3. The third kappa shape index (κ3) is 5.36. The fourth-order valence-electron chi connectivity index (χ4n) is 2.27. The Bertz CT molecular complexity index is 606. The van der Waals surface area contributed by atoms with Crippen LogP contribution in [0.2, 0.25) is 0 Å². The van der Waals surface area contributed by atoms with E-state index < -0.39 is 29.1 Å². The number of hydrogen-bond donors (Lipinski definition) is 2. The highest BCUT2D eigenvalue weighted by molar-refractivity contribution is 8.00. The van der Waals surface area contributed by atoms with E-state index in [1.165, 1.54) is 6.92 Å². The van der Waals surface area contributed by atoms with Crippen molar-refractivity contribution in [1.29, 1.82) is 0 Å². The van der Waals surface area contributed by atoms with Crippen LogP contribution in [0.25, 0.3) is 0 Å². The summed E-state index contributed by atoms with van der Waals surface area (Å²) in [5, 5.41) is 3.89. The summed E-state index contributed by atoms with van der Waals surface area (Å²) in [6.45, 7) is 1.46. The second kappa shape index (κ2) is 7.82. The molecule has 10 heteroatoms. The van der Waals surface area contributed by atoms with Gasteiger partial charge in [0.1, 0.15) is 5.69 Å². The van der Waals surface area contributed by atoms with Gasteiger partial charge in [0.25, 0.3) is 0 Å². The van der Waals surface area contributed by atoms with E-state index in [9.17, 15) is 22.8 Å². The number of alkyl halides is 3. The van der Waals surface area contributed by atoms with Crippen LogP contribution in [-0.2, 0) is 11.0 Å². The summed E-state index contributed by atoms with van der Waals surface area (Å²) in [5.74, 6) is -0.614. The fourth-order valence-corrected chi connectivity index (χ4v) is 3.03. The van der Waals surface area contributed by atoms with Crippen molar-refractivity contribution in [3.8, 4) is 0 Å². The van der Waals surface area contributed by atoms with Crippen LogP contribution < -0.4 is 10.6 Å². The highest BCUT2D eigenvalue weighted by Crippen LogP contribution is 2.29. The van der Waals surface area contributed by atoms with Crippen LogP contribution >= 0.6 is 11.8 Å². The summed E-state index contributed by atoms with van der Waals surface area (Å²) in [6.07, 6.45) is 0.241. The Morgan fingerprint density at radius 2 is 2.00 bits per heavy atom. The van der Waals surface area contributed by atoms with E-state index in [4.69, 9.17) is 0 Å². The molecule has 6 nitrogen and oxygen atoms in total. The number of aromatic nitrogens is 2. The second-order valence-electron chi connectivity index (χ2n) is 5.43. The molecule has 1 aromatic rings. The molecule has 1 unspecified atom stereocenters. The summed E-state index contributed by atoms with van der Waals surface area (Å²) in [6, 6.07) is 0.223. The minimum Gasteiger partial charge on any atom is -0.335 e. The number of nitrogens with zero attached hydrogens (tertiary/aromatic N) is 2. The Morgan fingerprint density at radius 1 is 1.33 bits per heavy atom. The second-order valence-corrected chi connectivity index (χ2v) is 6.73. The number of amides is 3. The smallest absolute Gasteiger partial charge is 0.335 e. The van der Waals surface area contributed by atoms with Gasteiger partial charge in [-0.25, -0.2) is 14.8 Å². The summed E-state index contributed by atoms with van der Waals surface area (Å²) in [7, 11) is 0. The summed E-state index contributed by atoms with van der Waals surface area (Å²) in [5.41, 5.74) is -1.08. The molecule has 2 N–H and O–H groups in total. The molecule has 1 aromatic heterocycles. The van der Waals surface area contributed by atoms with Crippen molar-refractivity contribution in [3.05, 3.63) is 18.0 Å². The number of rotatable bonds is 4. The molecule has 1 aliphatic carbocycles. The van der Waals surface area contributed by atoms with Gasteiger partial charge in [-0.2, -0.15) is 13.2 Å². The average Bonchev–Trinajstić information content (AvgIpc) is 2.99. The lowest BCUT2D eigenvalue weighted by Crippen LogP contribution is -2.45. The van der Waals surface area contributed by atoms with E-state index in [0.717, 1.165) is 49.7 Å². The van der Waals surface area contributed by atoms with E-state index >= 15 is 0 Å². The van der Waals surface area contributed by atoms with Crippen molar-refractivity contribution in [2.45, 2.75) is 55.2 Å². The quantitative estimate of drug-likeness (QED) is 0.636. The number of halogens is 3. The Labute approximate surface area is 141 Å². The van der Waals surface area contributed by atoms with Gasteiger partial charge in [0.15, 0.2) is 5.16 Å². The molecule has 3 amide bonds. The minimum atomic E-state index is -4.58. The van der Waals surface area contributed by atoms with Crippen LogP contribution in [0.15, 0.2) is 17.4 Å². The number of thioether (sulfide) groups is 1. The molecule has 1 fully saturated rings. The lowest BCUT2D eigenvalue weighted by Gasteiger charge is -2.14. The summed E-state index contributed by atoms with van der Waals surface area (Å²) in [4.78, 5) is 30.7. The minimum absolute atomic E-state index is 0.0626. The molecule has 24 heavy (non-hydrogen) atoms. The predicted molar refractivity (Wildman–Crippen MR) is 81.3 cm³/mol. The maximum absolute atomic E-state index is 12.6. The van der Waals surface area contributed by atoms with Gasteiger partial charge in [-0.15, -0.1) is 0 Å². The lowest BCUT2D eigenvalue weighted by molar-refractivity contribution is -0.141. The fraction of sp³-hybridized carbons (Fsp3) is 0.571. The van der Waals surface area contributed by atoms with E-state index in [2.05, 4.69) is 20.6 Å². The molecule has 132 valence electrons. The number of urea groups is 1. The molecule has 2 rings (SSSR count). The Hall–Kier alpha value is -1.84. The normalized spacial score (nSPS) is 16.7. The van der Waals surface area contributed by atoms with Crippen LogP contribution in [0.3, 0.4) is 0 Å². The molecule has 1 heterocycles. The van der Waals surface area contributed by atoms with E-state index in [-0.39, 0.29) is 11.2 Å². The van der Waals surface area contributed by atoms with Gasteiger partial charge in [0.05, 0.1) is 5.25 Å². The number of nitrogens with one attached hydrogen (secondary N) is 2. The monoisotopic (exact) mass is 362 g/mol. The molecule has 1 atom stereocenters. The largest absolute Gasteiger partial charge is 0.433 e. The van der Waals surface area contributed by atoms with E-state index in [1.807, 2.05) is 0 Å². The third-order valence-electron chi connectivity index (χ3n) is 3.50. The molecule has 0 aliphatic heterocycles. The van der Waals surface area contributed by atoms with Crippen LogP contribution in [0, 0.1) is 0 Å². The van der Waals surface area contributed by atoms with Gasteiger partial charge >= 0.3 is 12.2 Å². The van der Waals surface area contributed by atoms with Crippen molar-refractivity contribution < 1.29 is 22.8 Å². The van der Waals surface area contributed by atoms with Crippen molar-refractivity contribution in [3.63, 3.8) is 0 Å². The van der Waals surface area contributed by atoms with Crippen molar-refractivity contribution in [1.82, 2.24) is 20.6 Å². The first kappa shape index (κ1) is 18.5. The first-order valence-electron chi connectivity index (χ1n) is 7.44. The number of imide groups is 1. The maximum Gasteiger partial charge on any atom is 0.433 e. The van der Waals surface area contributed by atoms with Gasteiger partial charge < -0.3 is 5.32 Å². The first-order valence-corrected chi connectivity index (χ1v) is 8.32. The van der Waals surface area contributed by atoms with Crippen LogP contribution in [0.1, 0.15) is 38.3 Å². The molecule has 0 saturated heterocycles. The van der Waals surface area contributed by atoms with Crippen molar-refractivity contribution in [2.24, 2.45) is 0 Å². The van der Waals surface area contributed by atoms with Gasteiger partial charge in [-0.05, 0) is 25.8 Å². The van der Waals surface area contributed by atoms with Gasteiger partial charge in [0.2, 0.25) is 5.91 Å². The Balaban J connectivity index is 1.88. The number of carbonyl (C=O) groups excluding carboxylic acids is 2. The molecule has 0 bridgehead atoms. The zero-order valence-electron chi connectivity index (χ0n) is 12.9. The topological polar surface area (TPSA) is 84.0 Å². The molecule has 0 spiro atoms. The average molecular weight is 362 g/mol. The van der Waals surface area contributed by atoms with E-state index in [0.29, 0.717) is 0 Å². The van der Waals surface area contributed by atoms with Crippen LogP contribution in [-0.4, -0.2) is 33.2 Å². The molecule has 0 aromatic carbocycles.